The van der Waals surface area contributed by atoms with Crippen LogP contribution in [0.5, 0.6) is 5.88 Å². The number of hydrogen-bond acceptors (Lipinski definition) is 6. The molecular weight excluding hydrogens is 320 g/mol. The maximum absolute atomic E-state index is 12.0. The van der Waals surface area contributed by atoms with Crippen LogP contribution in [0, 0.1) is 6.92 Å². The van der Waals surface area contributed by atoms with Gasteiger partial charge in [-0.2, -0.15) is 0 Å². The molecule has 2 heterocycles. The fourth-order valence-electron chi connectivity index (χ4n) is 2.57. The molecular formula is C18H20N4O3. The number of amidine groups is 1. The van der Waals surface area contributed by atoms with Crippen LogP contribution in [-0.4, -0.2) is 30.1 Å². The number of carbonyl (C=O) groups is 1. The number of hydrogen-bond donors (Lipinski definition) is 2. The molecule has 130 valence electrons. The molecule has 1 aromatic carbocycles. The van der Waals surface area contributed by atoms with Gasteiger partial charge in [-0.1, -0.05) is 18.2 Å². The van der Waals surface area contributed by atoms with Crippen LogP contribution in [0.25, 0.3) is 0 Å². The largest absolute Gasteiger partial charge is 0.418 e. The summed E-state index contributed by atoms with van der Waals surface area (Å²) in [5.41, 5.74) is 7.68. The Labute approximate surface area is 145 Å². The number of aromatic nitrogens is 1. The molecule has 25 heavy (non-hydrogen) atoms. The van der Waals surface area contributed by atoms with Crippen LogP contribution in [0.1, 0.15) is 18.1 Å². The Kier molecular flexibility index (Phi) is 4.67. The van der Waals surface area contributed by atoms with Crippen molar-refractivity contribution in [3.8, 4) is 5.88 Å². The van der Waals surface area contributed by atoms with Crippen LogP contribution in [-0.2, 0) is 10.3 Å². The number of rotatable bonds is 3. The predicted octanol–water partition coefficient (Wildman–Crippen LogP) is 2.60. The Morgan fingerprint density at radius 1 is 1.36 bits per heavy atom. The van der Waals surface area contributed by atoms with Crippen LogP contribution in [0.15, 0.2) is 47.6 Å². The average molecular weight is 340 g/mol. The Bertz CT molecular complexity index is 804. The van der Waals surface area contributed by atoms with Crippen molar-refractivity contribution in [3.63, 3.8) is 0 Å². The van der Waals surface area contributed by atoms with Gasteiger partial charge in [0.15, 0.2) is 0 Å². The van der Waals surface area contributed by atoms with E-state index >= 15 is 0 Å². The number of amides is 1. The summed E-state index contributed by atoms with van der Waals surface area (Å²) in [5, 5.41) is 2.69. The van der Waals surface area contributed by atoms with E-state index in [-0.39, 0.29) is 5.88 Å². The number of benzene rings is 1. The molecule has 0 bridgehead atoms. The number of nitrogens with one attached hydrogen (secondary N) is 1. The van der Waals surface area contributed by atoms with E-state index < -0.39 is 11.6 Å². The topological polar surface area (TPSA) is 98.8 Å². The average Bonchev–Trinajstić information content (AvgIpc) is 2.57. The molecule has 0 aliphatic carbocycles. The van der Waals surface area contributed by atoms with E-state index in [1.54, 1.807) is 18.3 Å². The molecule has 1 aliphatic rings. The first-order valence-electron chi connectivity index (χ1n) is 7.89. The van der Waals surface area contributed by atoms with E-state index in [1.165, 1.54) is 0 Å². The standard InChI is InChI=1S/C18H20N4O3/c1-12-6-7-16(20-9-12)25-17(23)21-14-5-3-4-13(8-14)18(2)11-24-10-15(19)22-18/h3-9H,10-11H2,1-2H3,(H2,19,22)(H,21,23). The summed E-state index contributed by atoms with van der Waals surface area (Å²) in [6.45, 7) is 4.61. The molecule has 1 aromatic heterocycles. The second kappa shape index (κ2) is 6.90. The number of nitrogens with two attached hydrogens (primary N) is 1. The zero-order chi connectivity index (χ0) is 17.9. The lowest BCUT2D eigenvalue weighted by molar-refractivity contribution is 0.106. The molecule has 1 amide bonds. The summed E-state index contributed by atoms with van der Waals surface area (Å²) in [7, 11) is 0. The number of ether oxygens (including phenoxy) is 2. The highest BCUT2D eigenvalue weighted by atomic mass is 16.6. The van der Waals surface area contributed by atoms with Crippen LogP contribution in [0.3, 0.4) is 0 Å². The summed E-state index contributed by atoms with van der Waals surface area (Å²) in [6, 6.07) is 10.8. The third-order valence-electron chi connectivity index (χ3n) is 3.84. The zero-order valence-corrected chi connectivity index (χ0v) is 14.2. The van der Waals surface area contributed by atoms with Crippen molar-refractivity contribution in [3.05, 3.63) is 53.7 Å². The van der Waals surface area contributed by atoms with Crippen LogP contribution in [0.4, 0.5) is 10.5 Å². The van der Waals surface area contributed by atoms with Gasteiger partial charge in [0.25, 0.3) is 0 Å². The fourth-order valence-corrected chi connectivity index (χ4v) is 2.57. The van der Waals surface area contributed by atoms with Crippen molar-refractivity contribution in [1.29, 1.82) is 0 Å². The molecule has 0 radical (unpaired) electrons. The lowest BCUT2D eigenvalue weighted by Gasteiger charge is -2.30. The highest BCUT2D eigenvalue weighted by molar-refractivity contribution is 5.86. The Morgan fingerprint density at radius 3 is 2.92 bits per heavy atom. The van der Waals surface area contributed by atoms with Crippen molar-refractivity contribution in [2.75, 3.05) is 18.5 Å². The maximum Gasteiger partial charge on any atom is 0.418 e. The summed E-state index contributed by atoms with van der Waals surface area (Å²) in [6.07, 6.45) is 1.02. The summed E-state index contributed by atoms with van der Waals surface area (Å²) in [5.74, 6) is 0.696. The van der Waals surface area contributed by atoms with Crippen LogP contribution >= 0.6 is 0 Å². The SMILES string of the molecule is Cc1ccc(OC(=O)Nc2cccc(C3(C)COCC(N)=N3)c2)nc1. The zero-order valence-electron chi connectivity index (χ0n) is 14.2. The highest BCUT2D eigenvalue weighted by Crippen LogP contribution is 2.29. The van der Waals surface area contributed by atoms with Gasteiger partial charge < -0.3 is 15.2 Å². The first-order chi connectivity index (χ1) is 11.9. The molecule has 1 atom stereocenters. The molecule has 7 nitrogen and oxygen atoms in total. The van der Waals surface area contributed by atoms with Gasteiger partial charge in [-0.3, -0.25) is 10.3 Å². The van der Waals surface area contributed by atoms with Gasteiger partial charge in [0, 0.05) is 18.0 Å². The van der Waals surface area contributed by atoms with E-state index in [4.69, 9.17) is 15.2 Å². The van der Waals surface area contributed by atoms with E-state index in [2.05, 4.69) is 15.3 Å². The molecule has 1 aliphatic heterocycles. The fraction of sp³-hybridized carbons (Fsp3) is 0.278. The third-order valence-corrected chi connectivity index (χ3v) is 3.84. The molecule has 0 spiro atoms. The molecule has 3 N–H and O–H groups in total. The normalized spacial score (nSPS) is 19.8. The lowest BCUT2D eigenvalue weighted by Crippen LogP contribution is -2.37. The molecule has 2 aromatic rings. The van der Waals surface area contributed by atoms with Gasteiger partial charge >= 0.3 is 6.09 Å². The molecule has 1 unspecified atom stereocenters. The number of carbonyl (C=O) groups excluding carboxylic acids is 1. The second-order valence-electron chi connectivity index (χ2n) is 6.14. The third kappa shape index (κ3) is 4.13. The number of anilines is 1. The molecule has 7 heteroatoms. The Balaban J connectivity index is 1.72. The highest BCUT2D eigenvalue weighted by Gasteiger charge is 2.30. The van der Waals surface area contributed by atoms with E-state index in [0.29, 0.717) is 24.7 Å². The first kappa shape index (κ1) is 16.9. The monoisotopic (exact) mass is 340 g/mol. The summed E-state index contributed by atoms with van der Waals surface area (Å²) in [4.78, 5) is 20.6. The van der Waals surface area contributed by atoms with Crippen molar-refractivity contribution >= 4 is 17.6 Å². The van der Waals surface area contributed by atoms with E-state index in [1.807, 2.05) is 38.1 Å². The summed E-state index contributed by atoms with van der Waals surface area (Å²) >= 11 is 0. The predicted molar refractivity (Wildman–Crippen MR) is 94.9 cm³/mol. The number of aliphatic imine (C=N–C) groups is 1. The van der Waals surface area contributed by atoms with Crippen LogP contribution in [0.2, 0.25) is 0 Å². The van der Waals surface area contributed by atoms with Crippen molar-refractivity contribution in [1.82, 2.24) is 4.98 Å². The minimum absolute atomic E-state index is 0.240. The van der Waals surface area contributed by atoms with Gasteiger partial charge in [-0.15, -0.1) is 0 Å². The maximum atomic E-state index is 12.0. The lowest BCUT2D eigenvalue weighted by atomic mass is 9.92. The molecule has 0 saturated carbocycles. The van der Waals surface area contributed by atoms with Crippen molar-refractivity contribution in [2.24, 2.45) is 10.7 Å². The van der Waals surface area contributed by atoms with Gasteiger partial charge in [0.05, 0.1) is 6.61 Å². The number of aryl methyl sites for hydroxylation is 1. The smallest absolute Gasteiger partial charge is 0.391 e. The molecule has 0 fully saturated rings. The first-order valence-corrected chi connectivity index (χ1v) is 7.89. The van der Waals surface area contributed by atoms with Gasteiger partial charge in [0.2, 0.25) is 5.88 Å². The quantitative estimate of drug-likeness (QED) is 0.895. The summed E-state index contributed by atoms with van der Waals surface area (Å²) < 4.78 is 10.7. The van der Waals surface area contributed by atoms with Crippen LogP contribution < -0.4 is 15.8 Å². The van der Waals surface area contributed by atoms with Crippen molar-refractivity contribution in [2.45, 2.75) is 19.4 Å². The number of pyridine rings is 1. The molecule has 3 rings (SSSR count). The minimum atomic E-state index is -0.610. The van der Waals surface area contributed by atoms with E-state index in [9.17, 15) is 4.79 Å². The molecule has 0 saturated heterocycles. The van der Waals surface area contributed by atoms with Crippen molar-refractivity contribution < 1.29 is 14.3 Å². The van der Waals surface area contributed by atoms with Gasteiger partial charge in [0.1, 0.15) is 18.0 Å². The Morgan fingerprint density at radius 2 is 2.20 bits per heavy atom. The van der Waals surface area contributed by atoms with Gasteiger partial charge in [-0.25, -0.2) is 9.78 Å². The number of nitrogens with zero attached hydrogens (tertiary/aromatic N) is 2. The van der Waals surface area contributed by atoms with Gasteiger partial charge in [-0.05, 0) is 37.1 Å². The minimum Gasteiger partial charge on any atom is -0.391 e. The van der Waals surface area contributed by atoms with E-state index in [0.717, 1.165) is 11.1 Å². The Hall–Kier alpha value is -2.93. The second-order valence-corrected chi connectivity index (χ2v) is 6.14.